The lowest BCUT2D eigenvalue weighted by Gasteiger charge is -2.60. The first kappa shape index (κ1) is 46.7. The second kappa shape index (κ2) is 22.1. The summed E-state index contributed by atoms with van der Waals surface area (Å²) >= 11 is 1.77. The maximum atomic E-state index is 15.2. The van der Waals surface area contributed by atoms with Gasteiger partial charge in [-0.15, -0.1) is 18.3 Å². The molecule has 9 nitrogen and oxygen atoms in total. The Kier molecular flexibility index (Phi) is 15.4. The number of nitrogens with zero attached hydrogens (tertiary/aromatic N) is 2. The molecule has 0 spiro atoms. The van der Waals surface area contributed by atoms with Crippen molar-refractivity contribution in [3.63, 3.8) is 0 Å². The number of unbranched alkanes of at least 4 members (excludes halogenated alkanes) is 2. The molecule has 1 heterocycles. The fraction of sp³-hybridized carbons (Fsp3) is 0.404. The first-order valence-corrected chi connectivity index (χ1v) is 25.3. The van der Waals surface area contributed by atoms with E-state index in [9.17, 15) is 10.2 Å². The molecule has 2 fully saturated rings. The Balaban J connectivity index is 1.20. The lowest BCUT2D eigenvalue weighted by molar-refractivity contribution is -0.258. The fourth-order valence-electron chi connectivity index (χ4n) is 10.9. The van der Waals surface area contributed by atoms with Crippen molar-refractivity contribution < 1.29 is 34.1 Å². The van der Waals surface area contributed by atoms with Crippen molar-refractivity contribution in [2.24, 2.45) is 28.8 Å². The number of hydrogen-bond acceptors (Lipinski definition) is 9. The number of carbonyl (C=O) groups excluding carboxylic acids is 1. The van der Waals surface area contributed by atoms with Gasteiger partial charge in [0, 0.05) is 54.2 Å². The Morgan fingerprint density at radius 1 is 0.881 bits per heavy atom. The molecule has 2 N–H and O–H groups in total. The van der Waals surface area contributed by atoms with Crippen LogP contribution in [0.4, 0.5) is 0 Å². The number of aliphatic hydroxyl groups excluding tert-OH is 2. The molecule has 0 saturated heterocycles. The van der Waals surface area contributed by atoms with Gasteiger partial charge >= 0.3 is 0 Å². The molecule has 3 aliphatic carbocycles. The second-order valence-corrected chi connectivity index (χ2v) is 19.6. The Bertz CT molecular complexity index is 2510. The smallest absolute Gasteiger partial charge is 0.239 e. The molecule has 5 aromatic rings. The number of oxime groups is 1. The summed E-state index contributed by atoms with van der Waals surface area (Å²) < 4.78 is 21.4. The van der Waals surface area contributed by atoms with Gasteiger partial charge in [-0.05, 0) is 108 Å². The predicted octanol–water partition coefficient (Wildman–Crippen LogP) is 11.3. The summed E-state index contributed by atoms with van der Waals surface area (Å²) in [5, 5.41) is 27.4. The van der Waals surface area contributed by atoms with Crippen LogP contribution >= 0.6 is 11.8 Å². The third-order valence-electron chi connectivity index (χ3n) is 14.1. The third kappa shape index (κ3) is 10.5. The summed E-state index contributed by atoms with van der Waals surface area (Å²) in [7, 11) is 0. The minimum atomic E-state index is -1.34. The minimum absolute atomic E-state index is 0.0852. The quantitative estimate of drug-likeness (QED) is 0.0289. The molecule has 2 saturated carbocycles. The molecular weight excluding hydrogens is 857 g/mol. The molecule has 1 amide bonds. The number of carbonyl (C=O) groups is 1. The van der Waals surface area contributed by atoms with Gasteiger partial charge in [0.2, 0.25) is 11.7 Å². The van der Waals surface area contributed by atoms with Gasteiger partial charge in [0.05, 0.1) is 24.8 Å². The summed E-state index contributed by atoms with van der Waals surface area (Å²) in [5.41, 5.74) is 4.92. The van der Waals surface area contributed by atoms with Crippen molar-refractivity contribution in [2.75, 3.05) is 32.2 Å². The van der Waals surface area contributed by atoms with E-state index >= 15 is 4.79 Å². The van der Waals surface area contributed by atoms with Gasteiger partial charge in [0.15, 0.2) is 0 Å². The van der Waals surface area contributed by atoms with Crippen LogP contribution in [0.2, 0.25) is 0 Å². The summed E-state index contributed by atoms with van der Waals surface area (Å²) in [4.78, 5) is 24.8. The van der Waals surface area contributed by atoms with Gasteiger partial charge in [-0.3, -0.25) is 4.79 Å². The average molecular weight is 921 g/mol. The van der Waals surface area contributed by atoms with Gasteiger partial charge in [0.1, 0.15) is 24.1 Å². The van der Waals surface area contributed by atoms with Crippen LogP contribution in [0.25, 0.3) is 10.8 Å². The van der Waals surface area contributed by atoms with E-state index in [1.807, 2.05) is 48.5 Å². The van der Waals surface area contributed by atoms with E-state index in [1.54, 1.807) is 17.8 Å². The highest BCUT2D eigenvalue weighted by Gasteiger charge is 2.66. The van der Waals surface area contributed by atoms with Crippen molar-refractivity contribution >= 4 is 34.2 Å². The SMILES string of the molecule is C=CCOC12Oc3ccc(OCCSc4ccccc4)cc3C3C(CCCCO)C(CCCCO)C=C(C(=NOCc4ccccc4)CC1N(Cc1cccc4ccccc14)C(=O)C1CC1)C32. The number of rotatable bonds is 23. The molecule has 0 bridgehead atoms. The van der Waals surface area contributed by atoms with Gasteiger partial charge in [-0.25, -0.2) is 0 Å². The van der Waals surface area contributed by atoms with Crippen LogP contribution in [0.15, 0.2) is 156 Å². The van der Waals surface area contributed by atoms with Crippen molar-refractivity contribution in [1.29, 1.82) is 0 Å². The topological polar surface area (TPSA) is 110 Å². The number of thioether (sulfide) groups is 1. The average Bonchev–Trinajstić information content (AvgIpc) is 4.22. The predicted molar refractivity (Wildman–Crippen MR) is 266 cm³/mol. The van der Waals surface area contributed by atoms with E-state index in [0.717, 1.165) is 88.8 Å². The molecule has 1 aliphatic heterocycles. The molecule has 6 atom stereocenters. The van der Waals surface area contributed by atoms with E-state index in [1.165, 1.54) is 4.90 Å². The first-order valence-electron chi connectivity index (χ1n) is 24.3. The van der Waals surface area contributed by atoms with Gasteiger partial charge in [-0.2, -0.15) is 0 Å². The molecule has 0 radical (unpaired) electrons. The van der Waals surface area contributed by atoms with E-state index in [2.05, 4.69) is 90.4 Å². The van der Waals surface area contributed by atoms with Gasteiger partial charge in [-0.1, -0.05) is 121 Å². The maximum Gasteiger partial charge on any atom is 0.239 e. The van der Waals surface area contributed by atoms with E-state index in [-0.39, 0.29) is 49.4 Å². The zero-order valence-corrected chi connectivity index (χ0v) is 39.2. The summed E-state index contributed by atoms with van der Waals surface area (Å²) in [6, 6.07) is 40.7. The van der Waals surface area contributed by atoms with E-state index in [4.69, 9.17) is 24.2 Å². The second-order valence-electron chi connectivity index (χ2n) is 18.4. The van der Waals surface area contributed by atoms with Crippen LogP contribution in [0.1, 0.15) is 80.4 Å². The highest BCUT2D eigenvalue weighted by Crippen LogP contribution is 2.62. The number of fused-ring (bicyclic) bond motifs is 3. The molecule has 5 aromatic carbocycles. The monoisotopic (exact) mass is 920 g/mol. The van der Waals surface area contributed by atoms with Crippen LogP contribution in [0.5, 0.6) is 11.5 Å². The van der Waals surface area contributed by atoms with Gasteiger partial charge in [0.25, 0.3) is 0 Å². The number of allylic oxidation sites excluding steroid dienone is 1. The lowest BCUT2D eigenvalue weighted by Crippen LogP contribution is -2.70. The van der Waals surface area contributed by atoms with E-state index < -0.39 is 17.7 Å². The molecule has 6 unspecified atom stereocenters. The Hall–Kier alpha value is -5.39. The summed E-state index contributed by atoms with van der Waals surface area (Å²) in [5.74, 6) is 0.612. The van der Waals surface area contributed by atoms with Gasteiger partial charge < -0.3 is 34.2 Å². The molecule has 10 heteroatoms. The number of benzene rings is 5. The minimum Gasteiger partial charge on any atom is -0.493 e. The van der Waals surface area contributed by atoms with Crippen molar-refractivity contribution in [2.45, 2.75) is 93.6 Å². The number of aliphatic hydroxyl groups is 2. The van der Waals surface area contributed by atoms with Crippen molar-refractivity contribution in [3.05, 3.63) is 162 Å². The summed E-state index contributed by atoms with van der Waals surface area (Å²) in [6.07, 6.45) is 11.0. The highest BCUT2D eigenvalue weighted by molar-refractivity contribution is 7.99. The summed E-state index contributed by atoms with van der Waals surface area (Å²) in [6.45, 7) is 5.76. The van der Waals surface area contributed by atoms with Crippen LogP contribution in [-0.4, -0.2) is 70.7 Å². The zero-order valence-electron chi connectivity index (χ0n) is 38.4. The van der Waals surface area contributed by atoms with Crippen LogP contribution in [0, 0.1) is 23.7 Å². The van der Waals surface area contributed by atoms with Crippen molar-refractivity contribution in [1.82, 2.24) is 4.90 Å². The standard InChI is InChI=1S/C57H64N2O7S/c1-2-32-64-57-53(59(56(62)42-26-27-42)38-44-21-15-20-41-18-9-10-24-47(41)44)37-51(58-65-39-40-16-5-3-6-17-40)49-35-43(19-11-13-30-60)48(25-12-14-31-61)54(55(49)57)50-36-45(28-29-52(50)66-57)63-33-34-67-46-22-7-4-8-23-46/h2-10,15-18,20-24,28-29,35-36,42-43,48,53-55,60-61H,1,11-14,19,25-27,30-34,37-39H2. The molecule has 4 aliphatic rings. The third-order valence-corrected chi connectivity index (χ3v) is 15.0. The number of amides is 1. The van der Waals surface area contributed by atoms with Crippen molar-refractivity contribution in [3.8, 4) is 11.5 Å². The largest absolute Gasteiger partial charge is 0.493 e. The van der Waals surface area contributed by atoms with Crippen LogP contribution < -0.4 is 9.47 Å². The molecule has 9 rings (SSSR count). The number of ether oxygens (including phenoxy) is 3. The van der Waals surface area contributed by atoms with E-state index in [0.29, 0.717) is 44.8 Å². The molecule has 350 valence electrons. The van der Waals surface area contributed by atoms with Crippen LogP contribution in [0.3, 0.4) is 0 Å². The molecular formula is C57H64N2O7S. The zero-order chi connectivity index (χ0) is 46.0. The lowest BCUT2D eigenvalue weighted by atomic mass is 9.55. The van der Waals surface area contributed by atoms with Crippen LogP contribution in [-0.2, 0) is 27.5 Å². The Morgan fingerprint density at radius 2 is 1.63 bits per heavy atom. The normalized spacial score (nSPS) is 23.4. The fourth-order valence-corrected chi connectivity index (χ4v) is 11.6. The molecule has 0 aromatic heterocycles. The number of hydrogen-bond donors (Lipinski definition) is 2. The molecule has 67 heavy (non-hydrogen) atoms. The highest BCUT2D eigenvalue weighted by atomic mass is 32.2. The Morgan fingerprint density at radius 3 is 2.40 bits per heavy atom. The first-order chi connectivity index (χ1) is 33.0. The maximum absolute atomic E-state index is 15.2. The Labute approximate surface area is 399 Å².